The van der Waals surface area contributed by atoms with Gasteiger partial charge in [-0.25, -0.2) is 14.5 Å². The van der Waals surface area contributed by atoms with Crippen molar-refractivity contribution in [1.82, 2.24) is 14.8 Å². The van der Waals surface area contributed by atoms with E-state index in [1.165, 1.54) is 0 Å². The van der Waals surface area contributed by atoms with E-state index in [-0.39, 0.29) is 5.69 Å². The van der Waals surface area contributed by atoms with Crippen LogP contribution in [0.4, 0.5) is 0 Å². The first-order valence-electron chi connectivity index (χ1n) is 6.44. The van der Waals surface area contributed by atoms with Gasteiger partial charge in [-0.3, -0.25) is 0 Å². The Kier molecular flexibility index (Phi) is 1.94. The number of aromatic nitrogens is 3. The van der Waals surface area contributed by atoms with Gasteiger partial charge in [-0.2, -0.15) is 5.10 Å². The summed E-state index contributed by atoms with van der Waals surface area (Å²) in [5, 5.41) is 13.6. The highest BCUT2D eigenvalue weighted by Crippen LogP contribution is 2.57. The number of aryl methyl sites for hydroxylation is 1. The van der Waals surface area contributed by atoms with E-state index in [0.29, 0.717) is 11.8 Å². The van der Waals surface area contributed by atoms with E-state index in [4.69, 9.17) is 0 Å². The molecule has 0 saturated heterocycles. The summed E-state index contributed by atoms with van der Waals surface area (Å²) in [5.41, 5.74) is 3.20. The van der Waals surface area contributed by atoms with E-state index in [2.05, 4.69) is 10.1 Å². The molecule has 19 heavy (non-hydrogen) atoms. The van der Waals surface area contributed by atoms with Crippen molar-refractivity contribution in [1.29, 1.82) is 0 Å². The summed E-state index contributed by atoms with van der Waals surface area (Å²) >= 11 is 0. The second kappa shape index (κ2) is 3.44. The molecule has 5 nitrogen and oxygen atoms in total. The summed E-state index contributed by atoms with van der Waals surface area (Å²) in [5.74, 6) is 0.919. The Morgan fingerprint density at radius 2 is 2.37 bits per heavy atom. The minimum atomic E-state index is -0.940. The van der Waals surface area contributed by atoms with E-state index in [1.807, 2.05) is 19.1 Å². The number of nitrogens with zero attached hydrogens (tertiary/aromatic N) is 3. The standard InChI is InChI=1S/C14H13N3O2/c1-7-3-2-4-15-13(7)17-12-9-5-8(9)6-10(12)11(16-17)14(18)19/h2-4,8-9H,5-6H2,1H3,(H,18,19)/t8-,9-/m1/s1. The molecule has 0 aliphatic heterocycles. The van der Waals surface area contributed by atoms with Crippen LogP contribution in [-0.2, 0) is 6.42 Å². The fraction of sp³-hybridized carbons (Fsp3) is 0.357. The number of carboxylic acid groups (broad SMARTS) is 1. The van der Waals surface area contributed by atoms with Crippen molar-refractivity contribution in [3.05, 3.63) is 40.8 Å². The van der Waals surface area contributed by atoms with Crippen LogP contribution in [0.5, 0.6) is 0 Å². The van der Waals surface area contributed by atoms with Crippen LogP contribution in [0.2, 0.25) is 0 Å². The molecule has 1 N–H and O–H groups in total. The molecular formula is C14H13N3O2. The Morgan fingerprint density at radius 1 is 1.53 bits per heavy atom. The fourth-order valence-corrected chi connectivity index (χ4v) is 3.15. The largest absolute Gasteiger partial charge is 0.476 e. The normalized spacial score (nSPS) is 23.0. The van der Waals surface area contributed by atoms with Crippen molar-refractivity contribution in [3.63, 3.8) is 0 Å². The van der Waals surface area contributed by atoms with Crippen molar-refractivity contribution < 1.29 is 9.90 Å². The molecule has 2 heterocycles. The Hall–Kier alpha value is -2.17. The number of rotatable bonds is 2. The van der Waals surface area contributed by atoms with E-state index >= 15 is 0 Å². The molecule has 2 atom stereocenters. The number of carbonyl (C=O) groups is 1. The number of carboxylic acids is 1. The lowest BCUT2D eigenvalue weighted by molar-refractivity contribution is 0.0688. The summed E-state index contributed by atoms with van der Waals surface area (Å²) < 4.78 is 1.76. The van der Waals surface area contributed by atoms with Gasteiger partial charge in [-0.15, -0.1) is 0 Å². The van der Waals surface area contributed by atoms with Crippen molar-refractivity contribution >= 4 is 5.97 Å². The van der Waals surface area contributed by atoms with Crippen molar-refractivity contribution in [2.75, 3.05) is 0 Å². The molecular weight excluding hydrogens is 242 g/mol. The molecule has 1 fully saturated rings. The highest BCUT2D eigenvalue weighted by Gasteiger charge is 2.50. The van der Waals surface area contributed by atoms with Gasteiger partial charge in [-0.1, -0.05) is 6.07 Å². The average molecular weight is 255 g/mol. The molecule has 1 saturated carbocycles. The van der Waals surface area contributed by atoms with E-state index in [0.717, 1.165) is 35.5 Å². The number of hydrogen-bond donors (Lipinski definition) is 1. The maximum absolute atomic E-state index is 11.3. The zero-order valence-electron chi connectivity index (χ0n) is 10.5. The second-order valence-corrected chi connectivity index (χ2v) is 5.38. The summed E-state index contributed by atoms with van der Waals surface area (Å²) in [6.07, 6.45) is 3.73. The predicted octanol–water partition coefficient (Wildman–Crippen LogP) is 1.93. The summed E-state index contributed by atoms with van der Waals surface area (Å²) in [4.78, 5) is 15.7. The minimum Gasteiger partial charge on any atom is -0.476 e. The Bertz CT molecular complexity index is 705. The Labute approximate surface area is 109 Å². The lowest BCUT2D eigenvalue weighted by Gasteiger charge is -2.07. The van der Waals surface area contributed by atoms with Crippen molar-refractivity contribution in [2.24, 2.45) is 5.92 Å². The highest BCUT2D eigenvalue weighted by molar-refractivity contribution is 5.88. The number of aromatic carboxylic acids is 1. The van der Waals surface area contributed by atoms with E-state index in [1.54, 1.807) is 10.9 Å². The molecule has 96 valence electrons. The molecule has 2 aliphatic rings. The SMILES string of the molecule is Cc1cccnc1-n1nc(C(=O)O)c2c1[C@@H]1C[C@@H]1C2. The molecule has 4 rings (SSSR count). The van der Waals surface area contributed by atoms with Gasteiger partial charge in [0.1, 0.15) is 0 Å². The molecule has 0 radical (unpaired) electrons. The fourth-order valence-electron chi connectivity index (χ4n) is 3.15. The van der Waals surface area contributed by atoms with Crippen LogP contribution in [0.1, 0.15) is 39.6 Å². The van der Waals surface area contributed by atoms with Gasteiger partial charge in [0.25, 0.3) is 0 Å². The van der Waals surface area contributed by atoms with Gasteiger partial charge >= 0.3 is 5.97 Å². The van der Waals surface area contributed by atoms with Gasteiger partial charge in [0.2, 0.25) is 0 Å². The molecule has 2 aliphatic carbocycles. The van der Waals surface area contributed by atoms with Crippen LogP contribution in [0, 0.1) is 12.8 Å². The highest BCUT2D eigenvalue weighted by atomic mass is 16.4. The molecule has 0 spiro atoms. The molecule has 0 amide bonds. The third-order valence-corrected chi connectivity index (χ3v) is 4.15. The zero-order chi connectivity index (χ0) is 13.1. The number of pyridine rings is 1. The first-order valence-corrected chi connectivity index (χ1v) is 6.44. The summed E-state index contributed by atoms with van der Waals surface area (Å²) in [7, 11) is 0. The molecule has 2 aromatic rings. The molecule has 0 bridgehead atoms. The Morgan fingerprint density at radius 3 is 3.11 bits per heavy atom. The topological polar surface area (TPSA) is 68.0 Å². The van der Waals surface area contributed by atoms with E-state index < -0.39 is 5.97 Å². The first kappa shape index (κ1) is 10.7. The third kappa shape index (κ3) is 1.38. The predicted molar refractivity (Wildman–Crippen MR) is 67.6 cm³/mol. The lowest BCUT2D eigenvalue weighted by Crippen LogP contribution is -2.07. The zero-order valence-corrected chi connectivity index (χ0v) is 10.5. The smallest absolute Gasteiger partial charge is 0.356 e. The molecule has 2 aromatic heterocycles. The third-order valence-electron chi connectivity index (χ3n) is 4.15. The monoisotopic (exact) mass is 255 g/mol. The van der Waals surface area contributed by atoms with E-state index in [9.17, 15) is 9.90 Å². The number of hydrogen-bond acceptors (Lipinski definition) is 3. The molecule has 0 unspecified atom stereocenters. The van der Waals surface area contributed by atoms with Gasteiger partial charge in [0.05, 0.1) is 5.69 Å². The van der Waals surface area contributed by atoms with Crippen molar-refractivity contribution in [3.8, 4) is 5.82 Å². The number of fused-ring (bicyclic) bond motifs is 3. The minimum absolute atomic E-state index is 0.201. The summed E-state index contributed by atoms with van der Waals surface area (Å²) in [6.45, 7) is 1.97. The van der Waals surface area contributed by atoms with Crippen LogP contribution in [0.25, 0.3) is 5.82 Å². The van der Waals surface area contributed by atoms with Gasteiger partial charge in [0, 0.05) is 17.7 Å². The second-order valence-electron chi connectivity index (χ2n) is 5.38. The van der Waals surface area contributed by atoms with Crippen LogP contribution in [0.15, 0.2) is 18.3 Å². The van der Waals surface area contributed by atoms with Gasteiger partial charge < -0.3 is 5.11 Å². The average Bonchev–Trinajstić information content (AvgIpc) is 2.89. The van der Waals surface area contributed by atoms with Crippen LogP contribution >= 0.6 is 0 Å². The maximum Gasteiger partial charge on any atom is 0.356 e. The van der Waals surface area contributed by atoms with Crippen molar-refractivity contribution in [2.45, 2.75) is 25.7 Å². The summed E-state index contributed by atoms with van der Waals surface area (Å²) in [6, 6.07) is 3.84. The van der Waals surface area contributed by atoms with Gasteiger partial charge in [-0.05, 0) is 37.3 Å². The molecule has 0 aromatic carbocycles. The lowest BCUT2D eigenvalue weighted by atomic mass is 10.1. The van der Waals surface area contributed by atoms with Crippen LogP contribution < -0.4 is 0 Å². The van der Waals surface area contributed by atoms with Gasteiger partial charge in [0.15, 0.2) is 11.5 Å². The molecule has 5 heteroatoms. The maximum atomic E-state index is 11.3. The Balaban J connectivity index is 1.97. The van der Waals surface area contributed by atoms with Crippen LogP contribution in [-0.4, -0.2) is 25.8 Å². The first-order chi connectivity index (χ1) is 9.16. The quantitative estimate of drug-likeness (QED) is 0.890. The van der Waals surface area contributed by atoms with Crippen LogP contribution in [0.3, 0.4) is 0 Å².